The van der Waals surface area contributed by atoms with Gasteiger partial charge in [0.2, 0.25) is 10.0 Å². The maximum atomic E-state index is 13.2. The van der Waals surface area contributed by atoms with E-state index >= 15 is 0 Å². The van der Waals surface area contributed by atoms with Gasteiger partial charge in [-0.15, -0.1) is 12.4 Å². The SMILES string of the molecule is CN(C1CC2CCC(C1)N2)S(=O)(=O)c1ccc(F)cc1Br.Cl. The third-order valence-corrected chi connectivity index (χ3v) is 7.40. The summed E-state index contributed by atoms with van der Waals surface area (Å²) in [5.41, 5.74) is 0. The second-order valence-electron chi connectivity index (χ2n) is 5.86. The van der Waals surface area contributed by atoms with E-state index in [2.05, 4.69) is 21.2 Å². The number of hydrogen-bond acceptors (Lipinski definition) is 3. The van der Waals surface area contributed by atoms with Gasteiger partial charge in [0, 0.05) is 29.6 Å². The Bertz CT molecular complexity index is 646. The second kappa shape index (κ2) is 6.73. The van der Waals surface area contributed by atoms with Crippen LogP contribution in [0.5, 0.6) is 0 Å². The van der Waals surface area contributed by atoms with Crippen LogP contribution >= 0.6 is 28.3 Å². The van der Waals surface area contributed by atoms with E-state index in [0.717, 1.165) is 25.7 Å². The van der Waals surface area contributed by atoms with Crippen molar-refractivity contribution >= 4 is 38.4 Å². The molecular weight excluding hydrogens is 395 g/mol. The van der Waals surface area contributed by atoms with Crippen LogP contribution in [0.2, 0.25) is 0 Å². The minimum absolute atomic E-state index is 0. The van der Waals surface area contributed by atoms with E-state index in [9.17, 15) is 12.8 Å². The van der Waals surface area contributed by atoms with Crippen molar-refractivity contribution in [2.24, 2.45) is 0 Å². The van der Waals surface area contributed by atoms with Crippen molar-refractivity contribution in [2.45, 2.75) is 48.7 Å². The van der Waals surface area contributed by atoms with Crippen LogP contribution in [0, 0.1) is 5.82 Å². The molecular formula is C14H19BrClFN2O2S. The molecule has 22 heavy (non-hydrogen) atoms. The number of sulfonamides is 1. The standard InChI is InChI=1S/C14H18BrFN2O2S.ClH/c1-18(12-7-10-3-4-11(8-12)17-10)21(19,20)14-5-2-9(16)6-13(14)15;/h2,5-6,10-12,17H,3-4,7-8H2,1H3;1H. The molecule has 2 unspecified atom stereocenters. The van der Waals surface area contributed by atoms with Crippen molar-refractivity contribution in [1.29, 1.82) is 0 Å². The molecule has 0 aromatic heterocycles. The molecule has 2 bridgehead atoms. The first kappa shape index (κ1) is 18.1. The third kappa shape index (κ3) is 3.33. The molecule has 0 radical (unpaired) electrons. The number of rotatable bonds is 3. The van der Waals surface area contributed by atoms with Gasteiger partial charge in [-0.2, -0.15) is 4.31 Å². The highest BCUT2D eigenvalue weighted by Crippen LogP contribution is 2.33. The topological polar surface area (TPSA) is 49.4 Å². The zero-order valence-corrected chi connectivity index (χ0v) is 15.3. The lowest BCUT2D eigenvalue weighted by Crippen LogP contribution is -2.48. The Balaban J connectivity index is 0.00000176. The van der Waals surface area contributed by atoms with E-state index < -0.39 is 15.8 Å². The van der Waals surface area contributed by atoms with Gasteiger partial charge < -0.3 is 5.32 Å². The normalized spacial score (nSPS) is 27.7. The van der Waals surface area contributed by atoms with Gasteiger partial charge in [0.05, 0.1) is 4.90 Å². The van der Waals surface area contributed by atoms with Gasteiger partial charge >= 0.3 is 0 Å². The lowest BCUT2D eigenvalue weighted by atomic mass is 10.0. The molecule has 1 aromatic carbocycles. The van der Waals surface area contributed by atoms with Crippen LogP contribution in [0.1, 0.15) is 25.7 Å². The van der Waals surface area contributed by atoms with Gasteiger partial charge in [-0.05, 0) is 59.8 Å². The minimum Gasteiger partial charge on any atom is -0.311 e. The predicted octanol–water partition coefficient (Wildman–Crippen LogP) is 2.91. The highest BCUT2D eigenvalue weighted by atomic mass is 79.9. The maximum absolute atomic E-state index is 13.2. The lowest BCUT2D eigenvalue weighted by Gasteiger charge is -2.35. The van der Waals surface area contributed by atoms with Crippen LogP contribution in [-0.2, 0) is 10.0 Å². The zero-order valence-electron chi connectivity index (χ0n) is 12.1. The van der Waals surface area contributed by atoms with Crippen molar-refractivity contribution in [3.05, 3.63) is 28.5 Å². The Morgan fingerprint density at radius 1 is 1.27 bits per heavy atom. The highest BCUT2D eigenvalue weighted by Gasteiger charge is 2.39. The summed E-state index contributed by atoms with van der Waals surface area (Å²) in [5, 5.41) is 3.50. The average molecular weight is 414 g/mol. The monoisotopic (exact) mass is 412 g/mol. The van der Waals surface area contributed by atoms with Crippen molar-refractivity contribution in [1.82, 2.24) is 9.62 Å². The summed E-state index contributed by atoms with van der Waals surface area (Å²) in [5.74, 6) is -0.455. The number of nitrogens with one attached hydrogen (secondary N) is 1. The van der Waals surface area contributed by atoms with Gasteiger partial charge in [-0.1, -0.05) is 0 Å². The van der Waals surface area contributed by atoms with Gasteiger partial charge in [-0.3, -0.25) is 0 Å². The molecule has 2 saturated heterocycles. The van der Waals surface area contributed by atoms with E-state index in [1.54, 1.807) is 7.05 Å². The highest BCUT2D eigenvalue weighted by molar-refractivity contribution is 9.10. The molecule has 0 amide bonds. The second-order valence-corrected chi connectivity index (χ2v) is 8.68. The first-order valence-electron chi connectivity index (χ1n) is 7.07. The van der Waals surface area contributed by atoms with E-state index in [1.165, 1.54) is 22.5 Å². The van der Waals surface area contributed by atoms with Crippen LogP contribution < -0.4 is 5.32 Å². The number of hydrogen-bond donors (Lipinski definition) is 1. The zero-order chi connectivity index (χ0) is 15.2. The quantitative estimate of drug-likeness (QED) is 0.829. The molecule has 1 N–H and O–H groups in total. The summed E-state index contributed by atoms with van der Waals surface area (Å²) in [6, 6.07) is 4.53. The first-order chi connectivity index (χ1) is 9.88. The Morgan fingerprint density at radius 2 is 1.86 bits per heavy atom. The van der Waals surface area contributed by atoms with Crippen molar-refractivity contribution < 1.29 is 12.8 Å². The van der Waals surface area contributed by atoms with Crippen molar-refractivity contribution in [2.75, 3.05) is 7.05 Å². The number of fused-ring (bicyclic) bond motifs is 2. The van der Waals surface area contributed by atoms with E-state index in [0.29, 0.717) is 12.1 Å². The molecule has 8 heteroatoms. The average Bonchev–Trinajstić information content (AvgIpc) is 2.76. The van der Waals surface area contributed by atoms with Crippen LogP contribution in [-0.4, -0.2) is 37.9 Å². The van der Waals surface area contributed by atoms with Gasteiger partial charge in [0.1, 0.15) is 5.82 Å². The predicted molar refractivity (Wildman–Crippen MR) is 89.3 cm³/mol. The summed E-state index contributed by atoms with van der Waals surface area (Å²) in [4.78, 5) is 0.122. The first-order valence-corrected chi connectivity index (χ1v) is 9.30. The van der Waals surface area contributed by atoms with Crippen LogP contribution in [0.3, 0.4) is 0 Å². The summed E-state index contributed by atoms with van der Waals surface area (Å²) >= 11 is 3.15. The third-order valence-electron chi connectivity index (χ3n) is 4.51. The Hall–Kier alpha value is -0.210. The lowest BCUT2D eigenvalue weighted by molar-refractivity contribution is 0.251. The van der Waals surface area contributed by atoms with Gasteiger partial charge in [0.25, 0.3) is 0 Å². The molecule has 2 aliphatic rings. The molecule has 4 nitrogen and oxygen atoms in total. The molecule has 3 rings (SSSR count). The van der Waals surface area contributed by atoms with Gasteiger partial charge in [-0.25, -0.2) is 12.8 Å². The van der Waals surface area contributed by atoms with Crippen molar-refractivity contribution in [3.8, 4) is 0 Å². The molecule has 0 spiro atoms. The molecule has 2 atom stereocenters. The Morgan fingerprint density at radius 3 is 2.41 bits per heavy atom. The van der Waals surface area contributed by atoms with Gasteiger partial charge in [0.15, 0.2) is 0 Å². The summed E-state index contributed by atoms with van der Waals surface area (Å²) < 4.78 is 40.4. The summed E-state index contributed by atoms with van der Waals surface area (Å²) in [6.45, 7) is 0. The molecule has 2 heterocycles. The summed E-state index contributed by atoms with van der Waals surface area (Å²) in [6.07, 6.45) is 3.92. The number of halogens is 3. The Kier molecular flexibility index (Phi) is 5.54. The largest absolute Gasteiger partial charge is 0.311 e. The van der Waals surface area contributed by atoms with E-state index in [4.69, 9.17) is 0 Å². The maximum Gasteiger partial charge on any atom is 0.244 e. The van der Waals surface area contributed by atoms with Crippen molar-refractivity contribution in [3.63, 3.8) is 0 Å². The molecule has 2 fully saturated rings. The fraction of sp³-hybridized carbons (Fsp3) is 0.571. The molecule has 1 aromatic rings. The van der Waals surface area contributed by atoms with Crippen LogP contribution in [0.4, 0.5) is 4.39 Å². The molecule has 0 aliphatic carbocycles. The Labute approximate surface area is 145 Å². The number of benzene rings is 1. The van der Waals surface area contributed by atoms with Crippen LogP contribution in [0.25, 0.3) is 0 Å². The smallest absolute Gasteiger partial charge is 0.244 e. The van der Waals surface area contributed by atoms with E-state index in [-0.39, 0.29) is 27.8 Å². The van der Waals surface area contributed by atoms with E-state index in [1.807, 2.05) is 0 Å². The number of nitrogens with zero attached hydrogens (tertiary/aromatic N) is 1. The summed E-state index contributed by atoms with van der Waals surface area (Å²) in [7, 11) is -1.99. The fourth-order valence-electron chi connectivity index (χ4n) is 3.36. The van der Waals surface area contributed by atoms with Crippen LogP contribution in [0.15, 0.2) is 27.6 Å². The molecule has 124 valence electrons. The minimum atomic E-state index is -3.61. The fourth-order valence-corrected chi connectivity index (χ4v) is 5.74. The molecule has 0 saturated carbocycles. The molecule has 2 aliphatic heterocycles. The number of piperidine rings is 1.